The highest BCUT2D eigenvalue weighted by Crippen LogP contribution is 2.54. The number of likely N-dealkylation sites (N-methyl/N-ethyl adjacent to an activating group) is 1. The summed E-state index contributed by atoms with van der Waals surface area (Å²) in [6, 6.07) is 3.87. The Labute approximate surface area is 123 Å². The lowest BCUT2D eigenvalue weighted by Gasteiger charge is -2.17. The second kappa shape index (κ2) is 5.71. The molecule has 2 unspecified atom stereocenters. The maximum Gasteiger partial charge on any atom is 0.230 e. The molecule has 0 aliphatic heterocycles. The van der Waals surface area contributed by atoms with Crippen LogP contribution in [0.5, 0.6) is 0 Å². The molecule has 0 saturated heterocycles. The van der Waals surface area contributed by atoms with E-state index >= 15 is 0 Å². The van der Waals surface area contributed by atoms with E-state index < -0.39 is 0 Å². The molecule has 1 amide bonds. The number of hydrogen-bond acceptors (Lipinski definition) is 5. The fourth-order valence-corrected chi connectivity index (χ4v) is 2.58. The van der Waals surface area contributed by atoms with Gasteiger partial charge < -0.3 is 13.8 Å². The fraction of sp³-hybridized carbons (Fsp3) is 0.533. The minimum absolute atomic E-state index is 0.0706. The van der Waals surface area contributed by atoms with Crippen LogP contribution in [0.4, 0.5) is 0 Å². The molecule has 1 aliphatic rings. The highest BCUT2D eigenvalue weighted by Gasteiger charge is 2.45. The zero-order valence-corrected chi connectivity index (χ0v) is 12.3. The van der Waals surface area contributed by atoms with E-state index in [0.717, 1.165) is 12.2 Å². The Morgan fingerprint density at radius 3 is 3.00 bits per heavy atom. The van der Waals surface area contributed by atoms with Gasteiger partial charge in [0.1, 0.15) is 5.76 Å². The van der Waals surface area contributed by atoms with Crippen molar-refractivity contribution in [3.8, 4) is 0 Å². The fourth-order valence-electron chi connectivity index (χ4n) is 2.58. The lowest BCUT2D eigenvalue weighted by atomic mass is 10.2. The lowest BCUT2D eigenvalue weighted by molar-refractivity contribution is -0.128. The van der Waals surface area contributed by atoms with Crippen molar-refractivity contribution >= 4 is 5.91 Å². The maximum absolute atomic E-state index is 11.3. The van der Waals surface area contributed by atoms with Gasteiger partial charge in [-0.1, -0.05) is 5.16 Å². The van der Waals surface area contributed by atoms with E-state index in [1.165, 1.54) is 0 Å². The summed E-state index contributed by atoms with van der Waals surface area (Å²) >= 11 is 0. The van der Waals surface area contributed by atoms with Crippen LogP contribution in [0, 0.1) is 0 Å². The SMILES string of the molecule is CCN(CCc1noc(C2CC2c2ccco2)n1)C(C)=O. The molecule has 3 rings (SSSR count). The first kappa shape index (κ1) is 13.9. The summed E-state index contributed by atoms with van der Waals surface area (Å²) in [5.41, 5.74) is 0. The average Bonchev–Trinajstić information content (AvgIpc) is 2.92. The highest BCUT2D eigenvalue weighted by atomic mass is 16.5. The summed E-state index contributed by atoms with van der Waals surface area (Å²) in [4.78, 5) is 17.5. The van der Waals surface area contributed by atoms with Crippen molar-refractivity contribution in [2.45, 2.75) is 38.5 Å². The Kier molecular flexibility index (Phi) is 3.77. The minimum atomic E-state index is 0.0706. The molecule has 2 aromatic heterocycles. The monoisotopic (exact) mass is 289 g/mol. The van der Waals surface area contributed by atoms with Crippen molar-refractivity contribution in [1.29, 1.82) is 0 Å². The van der Waals surface area contributed by atoms with Gasteiger partial charge in [0, 0.05) is 38.3 Å². The Morgan fingerprint density at radius 1 is 1.48 bits per heavy atom. The largest absolute Gasteiger partial charge is 0.469 e. The molecule has 0 radical (unpaired) electrons. The first-order valence-electron chi connectivity index (χ1n) is 7.30. The minimum Gasteiger partial charge on any atom is -0.469 e. The normalized spacial score (nSPS) is 20.5. The highest BCUT2D eigenvalue weighted by molar-refractivity contribution is 5.73. The Balaban J connectivity index is 1.56. The zero-order valence-electron chi connectivity index (χ0n) is 12.3. The molecule has 0 bridgehead atoms. The molecule has 2 heterocycles. The number of furan rings is 1. The van der Waals surface area contributed by atoms with Crippen molar-refractivity contribution in [1.82, 2.24) is 15.0 Å². The third-order valence-corrected chi connectivity index (χ3v) is 3.93. The predicted octanol–water partition coefficient (Wildman–Crippen LogP) is 2.34. The van der Waals surface area contributed by atoms with Crippen LogP contribution in [-0.4, -0.2) is 34.0 Å². The van der Waals surface area contributed by atoms with Crippen LogP contribution in [0.25, 0.3) is 0 Å². The number of carbonyl (C=O) groups is 1. The average molecular weight is 289 g/mol. The molecule has 6 heteroatoms. The molecule has 1 aliphatic carbocycles. The molecule has 2 atom stereocenters. The van der Waals surface area contributed by atoms with Gasteiger partial charge >= 0.3 is 0 Å². The van der Waals surface area contributed by atoms with Crippen LogP contribution >= 0.6 is 0 Å². The summed E-state index contributed by atoms with van der Waals surface area (Å²) < 4.78 is 10.7. The molecule has 1 saturated carbocycles. The van der Waals surface area contributed by atoms with Gasteiger partial charge in [0.05, 0.1) is 6.26 Å². The van der Waals surface area contributed by atoms with E-state index in [1.807, 2.05) is 19.1 Å². The van der Waals surface area contributed by atoms with E-state index in [4.69, 9.17) is 8.94 Å². The molecular weight excluding hydrogens is 270 g/mol. The standard InChI is InChI=1S/C15H19N3O3/c1-3-18(10(2)19)7-6-14-16-15(21-17-14)12-9-11(12)13-5-4-8-20-13/h4-5,8,11-12H,3,6-7,9H2,1-2H3. The van der Waals surface area contributed by atoms with Gasteiger partial charge in [0.2, 0.25) is 11.8 Å². The first-order valence-corrected chi connectivity index (χ1v) is 7.30. The number of rotatable bonds is 6. The van der Waals surface area contributed by atoms with Gasteiger partial charge in [-0.05, 0) is 25.5 Å². The second-order valence-electron chi connectivity index (χ2n) is 5.36. The topological polar surface area (TPSA) is 72.4 Å². The Hall–Kier alpha value is -2.11. The smallest absolute Gasteiger partial charge is 0.230 e. The number of nitrogens with zero attached hydrogens (tertiary/aromatic N) is 3. The van der Waals surface area contributed by atoms with Gasteiger partial charge in [-0.3, -0.25) is 4.79 Å². The van der Waals surface area contributed by atoms with Crippen LogP contribution in [0.2, 0.25) is 0 Å². The molecule has 0 N–H and O–H groups in total. The molecule has 21 heavy (non-hydrogen) atoms. The number of hydrogen-bond donors (Lipinski definition) is 0. The third-order valence-electron chi connectivity index (χ3n) is 3.93. The zero-order chi connectivity index (χ0) is 14.8. The molecule has 0 aromatic carbocycles. The van der Waals surface area contributed by atoms with Gasteiger partial charge in [-0.2, -0.15) is 4.98 Å². The van der Waals surface area contributed by atoms with Crippen molar-refractivity contribution in [2.24, 2.45) is 0 Å². The van der Waals surface area contributed by atoms with Gasteiger partial charge in [0.25, 0.3) is 0 Å². The molecule has 2 aromatic rings. The molecule has 1 fully saturated rings. The molecular formula is C15H19N3O3. The molecule has 112 valence electrons. The molecule has 6 nitrogen and oxygen atoms in total. The third kappa shape index (κ3) is 2.99. The van der Waals surface area contributed by atoms with Gasteiger partial charge in [-0.15, -0.1) is 0 Å². The van der Waals surface area contributed by atoms with Crippen molar-refractivity contribution in [3.63, 3.8) is 0 Å². The van der Waals surface area contributed by atoms with E-state index in [2.05, 4.69) is 10.1 Å². The maximum atomic E-state index is 11.3. The summed E-state index contributed by atoms with van der Waals surface area (Å²) in [5.74, 6) is 3.02. The lowest BCUT2D eigenvalue weighted by Crippen LogP contribution is -2.30. The number of amides is 1. The van der Waals surface area contributed by atoms with Crippen LogP contribution in [0.1, 0.15) is 49.6 Å². The first-order chi connectivity index (χ1) is 10.2. The van der Waals surface area contributed by atoms with Crippen LogP contribution in [0.3, 0.4) is 0 Å². The molecule has 0 spiro atoms. The van der Waals surface area contributed by atoms with Crippen LogP contribution in [0.15, 0.2) is 27.3 Å². The Morgan fingerprint density at radius 2 is 2.33 bits per heavy atom. The van der Waals surface area contributed by atoms with Gasteiger partial charge in [-0.25, -0.2) is 0 Å². The van der Waals surface area contributed by atoms with Crippen LogP contribution < -0.4 is 0 Å². The quantitative estimate of drug-likeness (QED) is 0.816. The van der Waals surface area contributed by atoms with Crippen molar-refractivity contribution in [3.05, 3.63) is 35.9 Å². The van der Waals surface area contributed by atoms with Crippen molar-refractivity contribution in [2.75, 3.05) is 13.1 Å². The summed E-state index contributed by atoms with van der Waals surface area (Å²) in [6.45, 7) is 4.85. The number of carbonyl (C=O) groups excluding carboxylic acids is 1. The van der Waals surface area contributed by atoms with E-state index in [-0.39, 0.29) is 11.8 Å². The van der Waals surface area contributed by atoms with E-state index in [0.29, 0.717) is 37.1 Å². The predicted molar refractivity (Wildman–Crippen MR) is 74.7 cm³/mol. The summed E-state index contributed by atoms with van der Waals surface area (Å²) in [5, 5.41) is 4.00. The van der Waals surface area contributed by atoms with E-state index in [1.54, 1.807) is 18.1 Å². The Bertz CT molecular complexity index is 605. The van der Waals surface area contributed by atoms with Crippen molar-refractivity contribution < 1.29 is 13.7 Å². The van der Waals surface area contributed by atoms with E-state index in [9.17, 15) is 4.79 Å². The number of aromatic nitrogens is 2. The summed E-state index contributed by atoms with van der Waals surface area (Å²) in [6.07, 6.45) is 3.30. The summed E-state index contributed by atoms with van der Waals surface area (Å²) in [7, 11) is 0. The van der Waals surface area contributed by atoms with Gasteiger partial charge in [0.15, 0.2) is 5.82 Å². The second-order valence-corrected chi connectivity index (χ2v) is 5.36. The van der Waals surface area contributed by atoms with Crippen LogP contribution in [-0.2, 0) is 11.2 Å².